The van der Waals surface area contributed by atoms with E-state index in [0.29, 0.717) is 5.75 Å². The summed E-state index contributed by atoms with van der Waals surface area (Å²) >= 11 is 4.29. The summed E-state index contributed by atoms with van der Waals surface area (Å²) in [5.41, 5.74) is 2.29. The molecule has 0 unspecified atom stereocenters. The van der Waals surface area contributed by atoms with Crippen LogP contribution in [0.3, 0.4) is 0 Å². The number of nitrogens with zero attached hydrogens (tertiary/aromatic N) is 1. The fraction of sp³-hybridized carbons (Fsp3) is 0.273. The summed E-state index contributed by atoms with van der Waals surface area (Å²) in [6.07, 6.45) is 2.09. The molecule has 2 aromatic rings. The number of hydrogen-bond acceptors (Lipinski definition) is 2. The number of aromatic nitrogens is 1. The van der Waals surface area contributed by atoms with Crippen molar-refractivity contribution in [1.82, 2.24) is 4.57 Å². The third-order valence-electron chi connectivity index (χ3n) is 2.46. The molecule has 1 aromatic heterocycles. The van der Waals surface area contributed by atoms with Crippen LogP contribution >= 0.6 is 12.6 Å². The third-order valence-corrected chi connectivity index (χ3v) is 2.80. The van der Waals surface area contributed by atoms with Gasteiger partial charge in [0, 0.05) is 29.9 Å². The van der Waals surface area contributed by atoms with Crippen LogP contribution in [0.2, 0.25) is 0 Å². The molecule has 0 atom stereocenters. The molecule has 1 aromatic carbocycles. The van der Waals surface area contributed by atoms with Crippen LogP contribution in [0.1, 0.15) is 12.5 Å². The van der Waals surface area contributed by atoms with Gasteiger partial charge in [-0.15, -0.1) is 0 Å². The molecule has 0 spiro atoms. The normalized spacial score (nSPS) is 11.0. The molecular weight excluding hydrogens is 194 g/mol. The van der Waals surface area contributed by atoms with E-state index in [2.05, 4.69) is 30.3 Å². The van der Waals surface area contributed by atoms with Crippen molar-refractivity contribution >= 4 is 23.5 Å². The highest BCUT2D eigenvalue weighted by Crippen LogP contribution is 2.26. The molecule has 74 valence electrons. The number of aryl methyl sites for hydroxylation is 1. The van der Waals surface area contributed by atoms with E-state index in [9.17, 15) is 5.11 Å². The summed E-state index contributed by atoms with van der Waals surface area (Å²) < 4.78 is 2.13. The fourth-order valence-corrected chi connectivity index (χ4v) is 2.00. The maximum atomic E-state index is 9.40. The number of phenolic OH excluding ortho intramolecular Hbond substituents is 1. The summed E-state index contributed by atoms with van der Waals surface area (Å²) in [6.45, 7) is 3.00. The van der Waals surface area contributed by atoms with Crippen molar-refractivity contribution in [1.29, 1.82) is 0 Å². The van der Waals surface area contributed by atoms with Gasteiger partial charge in [0.05, 0.1) is 5.52 Å². The van der Waals surface area contributed by atoms with Gasteiger partial charge in [-0.1, -0.05) is 0 Å². The van der Waals surface area contributed by atoms with E-state index in [-0.39, 0.29) is 0 Å². The molecule has 0 saturated carbocycles. The Morgan fingerprint density at radius 2 is 2.21 bits per heavy atom. The van der Waals surface area contributed by atoms with Gasteiger partial charge in [-0.25, -0.2) is 0 Å². The van der Waals surface area contributed by atoms with Gasteiger partial charge >= 0.3 is 0 Å². The largest absolute Gasteiger partial charge is 0.508 e. The lowest BCUT2D eigenvalue weighted by Gasteiger charge is -1.99. The van der Waals surface area contributed by atoms with Crippen LogP contribution in [0.4, 0.5) is 0 Å². The number of rotatable bonds is 2. The van der Waals surface area contributed by atoms with Crippen LogP contribution < -0.4 is 0 Å². The number of hydrogen-bond donors (Lipinski definition) is 2. The minimum absolute atomic E-state index is 0.316. The van der Waals surface area contributed by atoms with E-state index in [4.69, 9.17) is 0 Å². The molecular formula is C11H13NOS. The number of thiol groups is 1. The van der Waals surface area contributed by atoms with E-state index in [1.807, 2.05) is 6.07 Å². The first-order chi connectivity index (χ1) is 6.76. The highest BCUT2D eigenvalue weighted by molar-refractivity contribution is 7.79. The standard InChI is InChI=1S/C11H13NOS/c1-2-12-6-8(7-14)10-4-3-9(13)5-11(10)12/h3-6,13-14H,2,7H2,1H3. The Bertz CT molecular complexity index is 462. The van der Waals surface area contributed by atoms with Crippen molar-refractivity contribution in [2.24, 2.45) is 0 Å². The smallest absolute Gasteiger partial charge is 0.117 e. The zero-order valence-corrected chi connectivity index (χ0v) is 8.96. The molecule has 0 bridgehead atoms. The second-order valence-corrected chi connectivity index (χ2v) is 3.62. The summed E-state index contributed by atoms with van der Waals surface area (Å²) in [5.74, 6) is 1.05. The fourth-order valence-electron chi connectivity index (χ4n) is 1.74. The van der Waals surface area contributed by atoms with Crippen LogP contribution in [0, 0.1) is 0 Å². The van der Waals surface area contributed by atoms with E-state index in [1.54, 1.807) is 12.1 Å². The minimum Gasteiger partial charge on any atom is -0.508 e. The summed E-state index contributed by atoms with van der Waals surface area (Å²) in [4.78, 5) is 0. The van der Waals surface area contributed by atoms with E-state index in [1.165, 1.54) is 10.9 Å². The molecule has 2 rings (SSSR count). The number of fused-ring (bicyclic) bond motifs is 1. The Hall–Kier alpha value is -1.09. The predicted octanol–water partition coefficient (Wildman–Crippen LogP) is 2.80. The highest BCUT2D eigenvalue weighted by atomic mass is 32.1. The lowest BCUT2D eigenvalue weighted by Crippen LogP contribution is -1.89. The first kappa shape index (κ1) is 9.46. The van der Waals surface area contributed by atoms with Crippen LogP contribution in [0.25, 0.3) is 10.9 Å². The second-order valence-electron chi connectivity index (χ2n) is 3.30. The molecule has 1 N–H and O–H groups in total. The maximum absolute atomic E-state index is 9.40. The van der Waals surface area contributed by atoms with Gasteiger partial charge < -0.3 is 9.67 Å². The quantitative estimate of drug-likeness (QED) is 0.727. The zero-order chi connectivity index (χ0) is 10.1. The lowest BCUT2D eigenvalue weighted by molar-refractivity contribution is 0.476. The van der Waals surface area contributed by atoms with Crippen molar-refractivity contribution in [3.05, 3.63) is 30.0 Å². The third kappa shape index (κ3) is 1.38. The second kappa shape index (κ2) is 3.58. The number of phenols is 1. The molecule has 2 nitrogen and oxygen atoms in total. The first-order valence-corrected chi connectivity index (χ1v) is 5.31. The Morgan fingerprint density at radius 3 is 2.86 bits per heavy atom. The average molecular weight is 207 g/mol. The molecule has 0 aliphatic rings. The summed E-state index contributed by atoms with van der Waals surface area (Å²) in [7, 11) is 0. The zero-order valence-electron chi connectivity index (χ0n) is 8.07. The van der Waals surface area contributed by atoms with Crippen LogP contribution in [0.5, 0.6) is 5.75 Å². The molecule has 1 heterocycles. The Morgan fingerprint density at radius 1 is 1.43 bits per heavy atom. The molecule has 0 aliphatic heterocycles. The molecule has 0 saturated heterocycles. The van der Waals surface area contributed by atoms with E-state index >= 15 is 0 Å². The van der Waals surface area contributed by atoms with Crippen molar-refractivity contribution in [3.8, 4) is 5.75 Å². The lowest BCUT2D eigenvalue weighted by atomic mass is 10.2. The minimum atomic E-state index is 0.316. The van der Waals surface area contributed by atoms with Gasteiger partial charge in [0.15, 0.2) is 0 Å². The Labute approximate surface area is 88.6 Å². The molecule has 3 heteroatoms. The van der Waals surface area contributed by atoms with Gasteiger partial charge in [0.1, 0.15) is 5.75 Å². The van der Waals surface area contributed by atoms with Gasteiger partial charge in [-0.05, 0) is 24.6 Å². The molecule has 0 amide bonds. The maximum Gasteiger partial charge on any atom is 0.117 e. The molecule has 14 heavy (non-hydrogen) atoms. The van der Waals surface area contributed by atoms with Crippen molar-refractivity contribution in [2.75, 3.05) is 0 Å². The average Bonchev–Trinajstić information content (AvgIpc) is 2.55. The van der Waals surface area contributed by atoms with Crippen LogP contribution in [-0.2, 0) is 12.3 Å². The Balaban J connectivity index is 2.75. The first-order valence-electron chi connectivity index (χ1n) is 4.68. The van der Waals surface area contributed by atoms with Crippen molar-refractivity contribution < 1.29 is 5.11 Å². The Kier molecular flexibility index (Phi) is 2.42. The molecule has 0 fully saturated rings. The number of benzene rings is 1. The monoisotopic (exact) mass is 207 g/mol. The predicted molar refractivity (Wildman–Crippen MR) is 62.0 cm³/mol. The molecule has 0 radical (unpaired) electrons. The van der Waals surface area contributed by atoms with Gasteiger partial charge in [0.25, 0.3) is 0 Å². The van der Waals surface area contributed by atoms with Crippen LogP contribution in [0.15, 0.2) is 24.4 Å². The van der Waals surface area contributed by atoms with E-state index < -0.39 is 0 Å². The van der Waals surface area contributed by atoms with Gasteiger partial charge in [0.2, 0.25) is 0 Å². The SMILES string of the molecule is CCn1cc(CS)c2ccc(O)cc21. The number of aromatic hydroxyl groups is 1. The van der Waals surface area contributed by atoms with Crippen molar-refractivity contribution in [3.63, 3.8) is 0 Å². The van der Waals surface area contributed by atoms with E-state index in [0.717, 1.165) is 17.8 Å². The van der Waals surface area contributed by atoms with Crippen LogP contribution in [-0.4, -0.2) is 9.67 Å². The summed E-state index contributed by atoms with van der Waals surface area (Å²) in [5, 5.41) is 10.6. The van der Waals surface area contributed by atoms with Gasteiger partial charge in [-0.3, -0.25) is 0 Å². The summed E-state index contributed by atoms with van der Waals surface area (Å²) in [6, 6.07) is 5.46. The highest BCUT2D eigenvalue weighted by Gasteiger charge is 2.06. The molecule has 0 aliphatic carbocycles. The van der Waals surface area contributed by atoms with Crippen molar-refractivity contribution in [2.45, 2.75) is 19.2 Å². The topological polar surface area (TPSA) is 25.2 Å². The van der Waals surface area contributed by atoms with Gasteiger partial charge in [-0.2, -0.15) is 12.6 Å².